The second-order valence-corrected chi connectivity index (χ2v) is 11.4. The first-order valence-electron chi connectivity index (χ1n) is 12.4. The van der Waals surface area contributed by atoms with Crippen LogP contribution >= 0.6 is 23.2 Å². The Morgan fingerprint density at radius 2 is 1.62 bits per heavy atom. The third kappa shape index (κ3) is 7.50. The molecule has 0 saturated heterocycles. The highest BCUT2D eigenvalue weighted by molar-refractivity contribution is 7.92. The lowest BCUT2D eigenvalue weighted by molar-refractivity contribution is -0.140. The standard InChI is InChI=1S/C28H30Cl2FN3O4S/c1-3-16-32-28(36)26(4-2)33(18-20-10-8-9-13-23(20)29)27(35)19-34(21-14-15-25(31)24(30)17-21)39(37,38)22-11-6-5-7-12-22/h5-15,17,26H,3-4,16,18-19H2,1-2H3,(H,32,36)/t26-/m0/s1. The van der Waals surface area contributed by atoms with Crippen molar-refractivity contribution in [2.75, 3.05) is 17.4 Å². The molecule has 0 spiro atoms. The van der Waals surface area contributed by atoms with E-state index in [4.69, 9.17) is 23.2 Å². The Balaban J connectivity index is 2.07. The maximum absolute atomic E-state index is 14.0. The number of sulfonamides is 1. The maximum Gasteiger partial charge on any atom is 0.264 e. The molecule has 0 bridgehead atoms. The van der Waals surface area contributed by atoms with E-state index in [-0.39, 0.29) is 34.5 Å². The van der Waals surface area contributed by atoms with Gasteiger partial charge in [-0.1, -0.05) is 73.4 Å². The van der Waals surface area contributed by atoms with E-state index >= 15 is 0 Å². The first-order chi connectivity index (χ1) is 18.6. The number of anilines is 1. The molecule has 0 fully saturated rings. The molecule has 0 aliphatic heterocycles. The van der Waals surface area contributed by atoms with E-state index < -0.39 is 34.3 Å². The van der Waals surface area contributed by atoms with Gasteiger partial charge >= 0.3 is 0 Å². The summed E-state index contributed by atoms with van der Waals surface area (Å²) in [7, 11) is -4.28. The summed E-state index contributed by atoms with van der Waals surface area (Å²) in [6, 6.07) is 17.0. The van der Waals surface area contributed by atoms with Crippen molar-refractivity contribution in [2.24, 2.45) is 0 Å². The molecule has 11 heteroatoms. The minimum absolute atomic E-state index is 0.000204. The predicted octanol–water partition coefficient (Wildman–Crippen LogP) is 5.66. The molecule has 0 saturated carbocycles. The first kappa shape index (κ1) is 30.4. The van der Waals surface area contributed by atoms with Crippen molar-refractivity contribution in [2.45, 2.75) is 44.2 Å². The Hall–Kier alpha value is -3.14. The molecular formula is C28H30Cl2FN3O4S. The number of carbonyl (C=O) groups is 2. The van der Waals surface area contributed by atoms with E-state index in [0.29, 0.717) is 23.6 Å². The second kappa shape index (κ2) is 13.8. The lowest BCUT2D eigenvalue weighted by Crippen LogP contribution is -2.52. The van der Waals surface area contributed by atoms with Crippen LogP contribution in [-0.4, -0.2) is 44.3 Å². The Kier molecular flexibility index (Phi) is 10.7. The van der Waals surface area contributed by atoms with Crippen LogP contribution in [0.25, 0.3) is 0 Å². The van der Waals surface area contributed by atoms with E-state index in [1.165, 1.54) is 23.1 Å². The molecule has 3 aromatic carbocycles. The summed E-state index contributed by atoms with van der Waals surface area (Å²) in [6.07, 6.45) is 0.981. The Morgan fingerprint density at radius 3 is 2.23 bits per heavy atom. The second-order valence-electron chi connectivity index (χ2n) is 8.75. The van der Waals surface area contributed by atoms with Gasteiger partial charge in [0.2, 0.25) is 11.8 Å². The van der Waals surface area contributed by atoms with Crippen LogP contribution in [0.4, 0.5) is 10.1 Å². The largest absolute Gasteiger partial charge is 0.354 e. The highest BCUT2D eigenvalue weighted by Gasteiger charge is 2.34. The molecule has 39 heavy (non-hydrogen) atoms. The van der Waals surface area contributed by atoms with Gasteiger partial charge < -0.3 is 10.2 Å². The number of hydrogen-bond acceptors (Lipinski definition) is 4. The van der Waals surface area contributed by atoms with Crippen LogP contribution in [0.5, 0.6) is 0 Å². The van der Waals surface area contributed by atoms with E-state index in [1.54, 1.807) is 49.4 Å². The first-order valence-corrected chi connectivity index (χ1v) is 14.6. The van der Waals surface area contributed by atoms with E-state index in [9.17, 15) is 22.4 Å². The number of hydrogen-bond donors (Lipinski definition) is 1. The molecule has 208 valence electrons. The zero-order valence-electron chi connectivity index (χ0n) is 21.6. The van der Waals surface area contributed by atoms with Crippen LogP contribution in [0.2, 0.25) is 10.0 Å². The number of benzene rings is 3. The fourth-order valence-corrected chi connectivity index (χ4v) is 5.78. The summed E-state index contributed by atoms with van der Waals surface area (Å²) in [4.78, 5) is 28.3. The van der Waals surface area contributed by atoms with Crippen LogP contribution in [0.15, 0.2) is 77.7 Å². The maximum atomic E-state index is 14.0. The van der Waals surface area contributed by atoms with E-state index in [1.807, 2.05) is 6.92 Å². The lowest BCUT2D eigenvalue weighted by Gasteiger charge is -2.33. The van der Waals surface area contributed by atoms with Gasteiger partial charge in [-0.2, -0.15) is 0 Å². The molecule has 0 unspecified atom stereocenters. The summed E-state index contributed by atoms with van der Waals surface area (Å²) in [5, 5.41) is 2.92. The van der Waals surface area contributed by atoms with Crippen molar-refractivity contribution in [1.82, 2.24) is 10.2 Å². The topological polar surface area (TPSA) is 86.8 Å². The third-order valence-corrected chi connectivity index (χ3v) is 8.48. The summed E-state index contributed by atoms with van der Waals surface area (Å²) in [5.41, 5.74) is 0.594. The van der Waals surface area contributed by atoms with Crippen molar-refractivity contribution in [3.05, 3.63) is 94.2 Å². The zero-order chi connectivity index (χ0) is 28.6. The number of rotatable bonds is 12. The van der Waals surface area contributed by atoms with Crippen LogP contribution in [0.3, 0.4) is 0 Å². The monoisotopic (exact) mass is 593 g/mol. The third-order valence-electron chi connectivity index (χ3n) is 6.03. The molecular weight excluding hydrogens is 564 g/mol. The van der Waals surface area contributed by atoms with Crippen molar-refractivity contribution in [1.29, 1.82) is 0 Å². The fraction of sp³-hybridized carbons (Fsp3) is 0.286. The average molecular weight is 595 g/mol. The molecule has 0 heterocycles. The molecule has 0 aromatic heterocycles. The summed E-state index contributed by atoms with van der Waals surface area (Å²) in [5.74, 6) is -1.74. The number of amides is 2. The van der Waals surface area contributed by atoms with Crippen molar-refractivity contribution >= 4 is 50.7 Å². The SMILES string of the molecule is CCCNC(=O)[C@H](CC)N(Cc1ccccc1Cl)C(=O)CN(c1ccc(F)c(Cl)c1)S(=O)(=O)c1ccccc1. The lowest BCUT2D eigenvalue weighted by atomic mass is 10.1. The average Bonchev–Trinajstić information content (AvgIpc) is 2.93. The number of nitrogens with zero attached hydrogens (tertiary/aromatic N) is 2. The number of carbonyl (C=O) groups excluding carboxylic acids is 2. The molecule has 0 radical (unpaired) electrons. The Bertz CT molecular complexity index is 1410. The molecule has 3 rings (SSSR count). The normalized spacial score (nSPS) is 12.0. The van der Waals surface area contributed by atoms with Crippen LogP contribution in [0, 0.1) is 5.82 Å². The molecule has 0 aliphatic carbocycles. The van der Waals surface area contributed by atoms with Gasteiger partial charge in [-0.3, -0.25) is 13.9 Å². The van der Waals surface area contributed by atoms with Gasteiger partial charge in [0.1, 0.15) is 18.4 Å². The van der Waals surface area contributed by atoms with Gasteiger partial charge in [-0.05, 0) is 54.8 Å². The van der Waals surface area contributed by atoms with Crippen LogP contribution in [-0.2, 0) is 26.2 Å². The molecule has 7 nitrogen and oxygen atoms in total. The number of nitrogens with one attached hydrogen (secondary N) is 1. The zero-order valence-corrected chi connectivity index (χ0v) is 23.9. The van der Waals surface area contributed by atoms with E-state index in [2.05, 4.69) is 5.32 Å². The predicted molar refractivity (Wildman–Crippen MR) is 152 cm³/mol. The summed E-state index contributed by atoms with van der Waals surface area (Å²) >= 11 is 12.4. The molecule has 1 atom stereocenters. The quantitative estimate of drug-likeness (QED) is 0.293. The van der Waals surface area contributed by atoms with Gasteiger partial charge in [0.25, 0.3) is 10.0 Å². The fourth-order valence-electron chi connectivity index (χ4n) is 3.98. The molecule has 1 N–H and O–H groups in total. The molecule has 2 amide bonds. The van der Waals surface area contributed by atoms with Gasteiger partial charge in [0, 0.05) is 18.1 Å². The highest BCUT2D eigenvalue weighted by atomic mass is 35.5. The van der Waals surface area contributed by atoms with Gasteiger partial charge in [-0.15, -0.1) is 0 Å². The van der Waals surface area contributed by atoms with Crippen molar-refractivity contribution in [3.8, 4) is 0 Å². The highest BCUT2D eigenvalue weighted by Crippen LogP contribution is 2.28. The summed E-state index contributed by atoms with van der Waals surface area (Å²) in [6.45, 7) is 3.41. The number of halogens is 3. The minimum atomic E-state index is -4.28. The molecule has 0 aliphatic rings. The Labute approximate surface area is 238 Å². The van der Waals surface area contributed by atoms with Gasteiger partial charge in [-0.25, -0.2) is 12.8 Å². The minimum Gasteiger partial charge on any atom is -0.354 e. The van der Waals surface area contributed by atoms with Crippen molar-refractivity contribution < 1.29 is 22.4 Å². The van der Waals surface area contributed by atoms with Crippen molar-refractivity contribution in [3.63, 3.8) is 0 Å². The van der Waals surface area contributed by atoms with Crippen LogP contribution < -0.4 is 9.62 Å². The van der Waals surface area contributed by atoms with Gasteiger partial charge in [0.05, 0.1) is 15.6 Å². The molecule has 3 aromatic rings. The van der Waals surface area contributed by atoms with E-state index in [0.717, 1.165) is 16.4 Å². The van der Waals surface area contributed by atoms with Gasteiger partial charge in [0.15, 0.2) is 0 Å². The van der Waals surface area contributed by atoms with Crippen LogP contribution in [0.1, 0.15) is 32.3 Å². The summed E-state index contributed by atoms with van der Waals surface area (Å²) < 4.78 is 42.3. The Morgan fingerprint density at radius 1 is 0.949 bits per heavy atom. The smallest absolute Gasteiger partial charge is 0.264 e.